The largest absolute Gasteiger partial charge is 0.465 e. The summed E-state index contributed by atoms with van der Waals surface area (Å²) in [5.41, 5.74) is -0.266. The van der Waals surface area contributed by atoms with Gasteiger partial charge in [-0.25, -0.2) is 0 Å². The minimum atomic E-state index is -0.266. The smallest absolute Gasteiger partial charge is 0.311 e. The highest BCUT2D eigenvalue weighted by atomic mass is 16.5. The summed E-state index contributed by atoms with van der Waals surface area (Å²) in [4.78, 5) is 12.9. The van der Waals surface area contributed by atoms with Gasteiger partial charge in [0.25, 0.3) is 0 Å². The van der Waals surface area contributed by atoms with E-state index in [0.29, 0.717) is 6.61 Å². The Labute approximate surface area is 184 Å². The van der Waals surface area contributed by atoms with E-state index in [1.54, 1.807) is 0 Å². The van der Waals surface area contributed by atoms with Crippen LogP contribution in [0.1, 0.15) is 156 Å². The van der Waals surface area contributed by atoms with Crippen molar-refractivity contribution in [3.8, 4) is 0 Å². The SMILES string of the molecule is CCCCCCCCCCC(C)(CCCCCCCC)C(=O)OCCCCCC. The van der Waals surface area contributed by atoms with Gasteiger partial charge < -0.3 is 4.74 Å². The van der Waals surface area contributed by atoms with E-state index in [9.17, 15) is 4.79 Å². The first-order valence-corrected chi connectivity index (χ1v) is 13.3. The fourth-order valence-electron chi connectivity index (χ4n) is 4.14. The van der Waals surface area contributed by atoms with Crippen molar-refractivity contribution < 1.29 is 9.53 Å². The van der Waals surface area contributed by atoms with Gasteiger partial charge in [-0.2, -0.15) is 0 Å². The van der Waals surface area contributed by atoms with Gasteiger partial charge in [-0.05, 0) is 26.2 Å². The fourth-order valence-corrected chi connectivity index (χ4v) is 4.14. The lowest BCUT2D eigenvalue weighted by molar-refractivity contribution is -0.156. The Morgan fingerprint density at radius 3 is 1.31 bits per heavy atom. The number of rotatable bonds is 22. The van der Waals surface area contributed by atoms with E-state index >= 15 is 0 Å². The number of carbonyl (C=O) groups is 1. The molecule has 1 atom stereocenters. The molecule has 2 heteroatoms. The van der Waals surface area contributed by atoms with Crippen molar-refractivity contribution >= 4 is 5.97 Å². The maximum Gasteiger partial charge on any atom is 0.311 e. The number of ether oxygens (including phenoxy) is 1. The highest BCUT2D eigenvalue weighted by Gasteiger charge is 2.33. The first-order chi connectivity index (χ1) is 14.1. The lowest BCUT2D eigenvalue weighted by Gasteiger charge is -2.27. The summed E-state index contributed by atoms with van der Waals surface area (Å²) < 4.78 is 5.73. The molecule has 0 heterocycles. The number of esters is 1. The molecule has 0 radical (unpaired) electrons. The van der Waals surface area contributed by atoms with Crippen LogP contribution in [0.3, 0.4) is 0 Å². The van der Waals surface area contributed by atoms with Gasteiger partial charge in [0.15, 0.2) is 0 Å². The van der Waals surface area contributed by atoms with Crippen LogP contribution in [0, 0.1) is 5.41 Å². The number of hydrogen-bond donors (Lipinski definition) is 0. The van der Waals surface area contributed by atoms with Gasteiger partial charge in [0.1, 0.15) is 0 Å². The van der Waals surface area contributed by atoms with Crippen molar-refractivity contribution in [1.82, 2.24) is 0 Å². The summed E-state index contributed by atoms with van der Waals surface area (Å²) in [7, 11) is 0. The topological polar surface area (TPSA) is 26.3 Å². The predicted octanol–water partition coefficient (Wildman–Crippen LogP) is 9.40. The van der Waals surface area contributed by atoms with Gasteiger partial charge in [0.2, 0.25) is 0 Å². The minimum absolute atomic E-state index is 0.0745. The third kappa shape index (κ3) is 16.9. The van der Waals surface area contributed by atoms with Gasteiger partial charge in [0, 0.05) is 0 Å². The quantitative estimate of drug-likeness (QED) is 0.131. The van der Waals surface area contributed by atoms with E-state index in [-0.39, 0.29) is 11.4 Å². The van der Waals surface area contributed by atoms with Gasteiger partial charge in [0.05, 0.1) is 12.0 Å². The van der Waals surface area contributed by atoms with E-state index in [2.05, 4.69) is 27.7 Å². The number of carbonyl (C=O) groups excluding carboxylic acids is 1. The summed E-state index contributed by atoms with van der Waals surface area (Å²) in [6, 6.07) is 0. The third-order valence-electron chi connectivity index (χ3n) is 6.39. The molecule has 0 aliphatic rings. The van der Waals surface area contributed by atoms with Gasteiger partial charge in [-0.1, -0.05) is 130 Å². The molecule has 0 amide bonds. The van der Waals surface area contributed by atoms with Crippen LogP contribution < -0.4 is 0 Å². The Morgan fingerprint density at radius 1 is 0.552 bits per heavy atom. The molecule has 0 aromatic carbocycles. The van der Waals surface area contributed by atoms with E-state index in [0.717, 1.165) is 19.3 Å². The lowest BCUT2D eigenvalue weighted by atomic mass is 9.79. The molecule has 0 rings (SSSR count). The summed E-state index contributed by atoms with van der Waals surface area (Å²) in [5, 5.41) is 0. The molecular weight excluding hydrogens is 356 g/mol. The Hall–Kier alpha value is -0.530. The van der Waals surface area contributed by atoms with E-state index in [1.165, 1.54) is 109 Å². The molecule has 0 aliphatic carbocycles. The Kier molecular flexibility index (Phi) is 20.4. The zero-order valence-electron chi connectivity index (χ0n) is 20.7. The van der Waals surface area contributed by atoms with Crippen molar-refractivity contribution in [2.24, 2.45) is 5.41 Å². The maximum atomic E-state index is 12.9. The molecule has 0 aliphatic heterocycles. The van der Waals surface area contributed by atoms with Crippen LogP contribution in [-0.2, 0) is 9.53 Å². The monoisotopic (exact) mass is 410 g/mol. The highest BCUT2D eigenvalue weighted by molar-refractivity contribution is 5.76. The van der Waals surface area contributed by atoms with Crippen molar-refractivity contribution in [1.29, 1.82) is 0 Å². The molecule has 0 saturated carbocycles. The third-order valence-corrected chi connectivity index (χ3v) is 6.39. The first kappa shape index (κ1) is 28.5. The average molecular weight is 411 g/mol. The first-order valence-electron chi connectivity index (χ1n) is 13.3. The highest BCUT2D eigenvalue weighted by Crippen LogP contribution is 2.33. The number of unbranched alkanes of at least 4 members (excludes halogenated alkanes) is 15. The maximum absolute atomic E-state index is 12.9. The van der Waals surface area contributed by atoms with Gasteiger partial charge >= 0.3 is 5.97 Å². The number of hydrogen-bond acceptors (Lipinski definition) is 2. The Bertz CT molecular complexity index is 352. The van der Waals surface area contributed by atoms with Crippen LogP contribution in [0.5, 0.6) is 0 Å². The van der Waals surface area contributed by atoms with E-state index in [4.69, 9.17) is 4.74 Å². The van der Waals surface area contributed by atoms with E-state index < -0.39 is 0 Å². The molecule has 0 aromatic heterocycles. The normalized spacial score (nSPS) is 13.4. The van der Waals surface area contributed by atoms with Crippen LogP contribution in [0.15, 0.2) is 0 Å². The molecule has 0 aromatic rings. The molecule has 0 fully saturated rings. The van der Waals surface area contributed by atoms with Gasteiger partial charge in [-0.3, -0.25) is 4.79 Å². The average Bonchev–Trinajstić information content (AvgIpc) is 2.72. The van der Waals surface area contributed by atoms with Crippen LogP contribution >= 0.6 is 0 Å². The molecule has 0 N–H and O–H groups in total. The molecular formula is C27H54O2. The standard InChI is InChI=1S/C27H54O2/c1-5-8-11-14-16-17-19-21-24-27(4,23-20-18-15-12-9-6-2)26(28)29-25-22-13-10-7-3/h5-25H2,1-4H3. The molecule has 1 unspecified atom stereocenters. The zero-order chi connectivity index (χ0) is 21.6. The molecule has 29 heavy (non-hydrogen) atoms. The van der Waals surface area contributed by atoms with Crippen molar-refractivity contribution in [3.63, 3.8) is 0 Å². The predicted molar refractivity (Wildman–Crippen MR) is 128 cm³/mol. The van der Waals surface area contributed by atoms with Crippen molar-refractivity contribution in [2.75, 3.05) is 6.61 Å². The Morgan fingerprint density at radius 2 is 0.897 bits per heavy atom. The van der Waals surface area contributed by atoms with Crippen LogP contribution in [-0.4, -0.2) is 12.6 Å². The Balaban J connectivity index is 4.25. The van der Waals surface area contributed by atoms with Crippen LogP contribution in [0.4, 0.5) is 0 Å². The minimum Gasteiger partial charge on any atom is -0.465 e. The van der Waals surface area contributed by atoms with Crippen LogP contribution in [0.25, 0.3) is 0 Å². The molecule has 2 nitrogen and oxygen atoms in total. The summed E-state index contributed by atoms with van der Waals surface area (Å²) in [6.45, 7) is 9.54. The molecule has 0 bridgehead atoms. The second-order valence-electron chi connectivity index (χ2n) is 9.50. The molecule has 0 spiro atoms. The van der Waals surface area contributed by atoms with Crippen molar-refractivity contribution in [2.45, 2.75) is 156 Å². The second-order valence-corrected chi connectivity index (χ2v) is 9.50. The van der Waals surface area contributed by atoms with Gasteiger partial charge in [-0.15, -0.1) is 0 Å². The summed E-state index contributed by atoms with van der Waals surface area (Å²) in [6.07, 6.45) is 25.0. The summed E-state index contributed by atoms with van der Waals surface area (Å²) >= 11 is 0. The fraction of sp³-hybridized carbons (Fsp3) is 0.963. The lowest BCUT2D eigenvalue weighted by Crippen LogP contribution is -2.30. The summed E-state index contributed by atoms with van der Waals surface area (Å²) in [5.74, 6) is 0.0745. The molecule has 174 valence electrons. The van der Waals surface area contributed by atoms with E-state index in [1.807, 2.05) is 0 Å². The van der Waals surface area contributed by atoms with Crippen LogP contribution in [0.2, 0.25) is 0 Å². The van der Waals surface area contributed by atoms with Crippen molar-refractivity contribution in [3.05, 3.63) is 0 Å². The second kappa shape index (κ2) is 20.7. The zero-order valence-corrected chi connectivity index (χ0v) is 20.7. The molecule has 0 saturated heterocycles.